The van der Waals surface area contributed by atoms with Gasteiger partial charge in [0.2, 0.25) is 0 Å². The van der Waals surface area contributed by atoms with Gasteiger partial charge in [-0.1, -0.05) is 12.1 Å². The fourth-order valence-electron chi connectivity index (χ4n) is 3.24. The van der Waals surface area contributed by atoms with Crippen molar-refractivity contribution in [3.8, 4) is 5.75 Å². The lowest BCUT2D eigenvalue weighted by Crippen LogP contribution is -2.49. The minimum atomic E-state index is -0.184. The highest BCUT2D eigenvalue weighted by atomic mass is 19.1. The molecule has 0 bridgehead atoms. The van der Waals surface area contributed by atoms with Crippen LogP contribution in [-0.2, 0) is 6.54 Å². The van der Waals surface area contributed by atoms with Crippen molar-refractivity contribution in [1.29, 1.82) is 0 Å². The number of nitrogens with one attached hydrogen (secondary N) is 2. The van der Waals surface area contributed by atoms with Crippen molar-refractivity contribution in [1.82, 2.24) is 20.5 Å². The lowest BCUT2D eigenvalue weighted by Gasteiger charge is -2.33. The van der Waals surface area contributed by atoms with E-state index in [4.69, 9.17) is 4.74 Å². The predicted octanol–water partition coefficient (Wildman–Crippen LogP) is 2.43. The molecule has 150 valence electrons. The Balaban J connectivity index is 1.34. The molecule has 1 aliphatic rings. The molecule has 0 spiro atoms. The highest BCUT2D eigenvalue weighted by molar-refractivity contribution is 5.79. The van der Waals surface area contributed by atoms with E-state index in [1.54, 1.807) is 19.4 Å². The van der Waals surface area contributed by atoms with E-state index in [9.17, 15) is 4.39 Å². The summed E-state index contributed by atoms with van der Waals surface area (Å²) in [5.74, 6) is 1.38. The van der Waals surface area contributed by atoms with E-state index in [1.807, 2.05) is 24.3 Å². The Morgan fingerprint density at radius 3 is 2.71 bits per heavy atom. The van der Waals surface area contributed by atoms with E-state index in [0.29, 0.717) is 19.2 Å². The monoisotopic (exact) mass is 385 g/mol. The van der Waals surface area contributed by atoms with Crippen molar-refractivity contribution in [2.75, 3.05) is 33.3 Å². The molecule has 1 fully saturated rings. The van der Waals surface area contributed by atoms with Crippen LogP contribution in [0.1, 0.15) is 18.4 Å². The first-order chi connectivity index (χ1) is 13.7. The van der Waals surface area contributed by atoms with Crippen LogP contribution in [0, 0.1) is 5.82 Å². The fraction of sp³-hybridized carbons (Fsp3) is 0.429. The number of aliphatic imine (C=N–C) groups is 1. The molecule has 6 nitrogen and oxygen atoms in total. The Kier molecular flexibility index (Phi) is 7.61. The minimum Gasteiger partial charge on any atom is -0.490 e. The maximum atomic E-state index is 13.0. The highest BCUT2D eigenvalue weighted by Gasteiger charge is 2.20. The van der Waals surface area contributed by atoms with E-state index >= 15 is 0 Å². The van der Waals surface area contributed by atoms with Crippen LogP contribution in [0.3, 0.4) is 0 Å². The number of benzene rings is 1. The normalized spacial score (nSPS) is 16.0. The standard InChI is InChI=1S/C21H28FN5O/c1-23-21(25-11-14-28-20-3-2-10-24-15-20)26-19-8-12-27(13-9-19)16-17-4-6-18(22)7-5-17/h2-7,10,15,19H,8-9,11-14,16H2,1H3,(H2,23,25,26). The van der Waals surface area contributed by atoms with Gasteiger partial charge in [0.1, 0.15) is 18.2 Å². The number of halogens is 1. The Bertz CT molecular complexity index is 730. The minimum absolute atomic E-state index is 0.184. The molecule has 0 atom stereocenters. The maximum absolute atomic E-state index is 13.0. The molecule has 0 saturated carbocycles. The second-order valence-corrected chi connectivity index (χ2v) is 6.86. The molecule has 0 unspecified atom stereocenters. The van der Waals surface area contributed by atoms with Gasteiger partial charge in [0, 0.05) is 38.9 Å². The van der Waals surface area contributed by atoms with Gasteiger partial charge in [-0.2, -0.15) is 0 Å². The second-order valence-electron chi connectivity index (χ2n) is 6.86. The van der Waals surface area contributed by atoms with Crippen molar-refractivity contribution >= 4 is 5.96 Å². The number of likely N-dealkylation sites (tertiary alicyclic amines) is 1. The third-order valence-electron chi connectivity index (χ3n) is 4.77. The smallest absolute Gasteiger partial charge is 0.191 e. The number of piperidine rings is 1. The Labute approximate surface area is 165 Å². The van der Waals surface area contributed by atoms with Crippen molar-refractivity contribution in [3.63, 3.8) is 0 Å². The first-order valence-electron chi connectivity index (χ1n) is 9.70. The molecule has 2 aromatic rings. The molecule has 1 aromatic carbocycles. The number of pyridine rings is 1. The average molecular weight is 385 g/mol. The summed E-state index contributed by atoms with van der Waals surface area (Å²) >= 11 is 0. The summed E-state index contributed by atoms with van der Waals surface area (Å²) in [7, 11) is 1.78. The lowest BCUT2D eigenvalue weighted by atomic mass is 10.0. The van der Waals surface area contributed by atoms with Gasteiger partial charge in [-0.25, -0.2) is 4.39 Å². The number of guanidine groups is 1. The summed E-state index contributed by atoms with van der Waals surface area (Å²) in [5.41, 5.74) is 1.15. The number of ether oxygens (including phenoxy) is 1. The third-order valence-corrected chi connectivity index (χ3v) is 4.77. The van der Waals surface area contributed by atoms with Crippen LogP contribution < -0.4 is 15.4 Å². The van der Waals surface area contributed by atoms with Crippen LogP contribution in [0.25, 0.3) is 0 Å². The van der Waals surface area contributed by atoms with E-state index in [0.717, 1.165) is 49.7 Å². The van der Waals surface area contributed by atoms with E-state index in [-0.39, 0.29) is 5.82 Å². The molecular formula is C21H28FN5O. The summed E-state index contributed by atoms with van der Waals surface area (Å²) in [4.78, 5) is 10.7. The van der Waals surface area contributed by atoms with Crippen LogP contribution in [0.2, 0.25) is 0 Å². The molecule has 1 aliphatic heterocycles. The first-order valence-corrected chi connectivity index (χ1v) is 9.70. The Morgan fingerprint density at radius 1 is 1.25 bits per heavy atom. The number of aromatic nitrogens is 1. The summed E-state index contributed by atoms with van der Waals surface area (Å²) in [6.07, 6.45) is 5.52. The molecule has 7 heteroatoms. The third kappa shape index (κ3) is 6.49. The van der Waals surface area contributed by atoms with Gasteiger partial charge in [0.15, 0.2) is 5.96 Å². The zero-order chi connectivity index (χ0) is 19.6. The molecule has 28 heavy (non-hydrogen) atoms. The highest BCUT2D eigenvalue weighted by Crippen LogP contribution is 2.14. The van der Waals surface area contributed by atoms with Gasteiger partial charge < -0.3 is 15.4 Å². The zero-order valence-electron chi connectivity index (χ0n) is 16.3. The van der Waals surface area contributed by atoms with Gasteiger partial charge in [-0.3, -0.25) is 14.9 Å². The molecule has 1 saturated heterocycles. The van der Waals surface area contributed by atoms with E-state index < -0.39 is 0 Å². The number of rotatable bonds is 7. The first kappa shape index (κ1) is 20.1. The molecule has 2 heterocycles. The molecular weight excluding hydrogens is 357 g/mol. The van der Waals surface area contributed by atoms with E-state index in [1.165, 1.54) is 12.1 Å². The maximum Gasteiger partial charge on any atom is 0.191 e. The second kappa shape index (κ2) is 10.6. The van der Waals surface area contributed by atoms with Crippen molar-refractivity contribution in [3.05, 3.63) is 60.2 Å². The van der Waals surface area contributed by atoms with Gasteiger partial charge in [0.25, 0.3) is 0 Å². The number of nitrogens with zero attached hydrogens (tertiary/aromatic N) is 3. The van der Waals surface area contributed by atoms with Gasteiger partial charge in [-0.15, -0.1) is 0 Å². The van der Waals surface area contributed by atoms with E-state index in [2.05, 4.69) is 25.5 Å². The largest absolute Gasteiger partial charge is 0.490 e. The summed E-state index contributed by atoms with van der Waals surface area (Å²) in [5, 5.41) is 6.78. The van der Waals surface area contributed by atoms with Crippen LogP contribution in [-0.4, -0.2) is 55.2 Å². The van der Waals surface area contributed by atoms with Crippen molar-refractivity contribution in [2.24, 2.45) is 4.99 Å². The quantitative estimate of drug-likeness (QED) is 0.435. The van der Waals surface area contributed by atoms with Crippen LogP contribution in [0.15, 0.2) is 53.8 Å². The molecule has 1 aromatic heterocycles. The number of hydrogen-bond donors (Lipinski definition) is 2. The molecule has 0 aliphatic carbocycles. The summed E-state index contributed by atoms with van der Waals surface area (Å²) in [6.45, 7) is 4.10. The van der Waals surface area contributed by atoms with Crippen LogP contribution >= 0.6 is 0 Å². The van der Waals surface area contributed by atoms with Crippen LogP contribution in [0.4, 0.5) is 4.39 Å². The average Bonchev–Trinajstić information content (AvgIpc) is 2.74. The lowest BCUT2D eigenvalue weighted by molar-refractivity contribution is 0.198. The van der Waals surface area contributed by atoms with Crippen molar-refractivity contribution < 1.29 is 9.13 Å². The van der Waals surface area contributed by atoms with Gasteiger partial charge in [-0.05, 0) is 42.7 Å². The van der Waals surface area contributed by atoms with Crippen molar-refractivity contribution in [2.45, 2.75) is 25.4 Å². The summed E-state index contributed by atoms with van der Waals surface area (Å²) in [6, 6.07) is 10.9. The number of hydrogen-bond acceptors (Lipinski definition) is 4. The zero-order valence-corrected chi connectivity index (χ0v) is 16.3. The summed E-state index contributed by atoms with van der Waals surface area (Å²) < 4.78 is 18.7. The molecule has 3 rings (SSSR count). The van der Waals surface area contributed by atoms with Gasteiger partial charge in [0.05, 0.1) is 12.7 Å². The Hall–Kier alpha value is -2.67. The SMILES string of the molecule is CN=C(NCCOc1cccnc1)NC1CCN(Cc2ccc(F)cc2)CC1. The topological polar surface area (TPSA) is 61.8 Å². The molecule has 2 N–H and O–H groups in total. The fourth-order valence-corrected chi connectivity index (χ4v) is 3.24. The van der Waals surface area contributed by atoms with Gasteiger partial charge >= 0.3 is 0 Å². The Morgan fingerprint density at radius 2 is 2.04 bits per heavy atom. The predicted molar refractivity (Wildman–Crippen MR) is 109 cm³/mol. The molecule has 0 amide bonds. The molecule has 0 radical (unpaired) electrons. The van der Waals surface area contributed by atoms with Crippen LogP contribution in [0.5, 0.6) is 5.75 Å².